The van der Waals surface area contributed by atoms with Crippen LogP contribution in [0, 0.1) is 0 Å². The number of carbonyl (C=O) groups is 1. The first kappa shape index (κ1) is 19.6. The molecule has 0 aromatic heterocycles. The maximum Gasteiger partial charge on any atom is 0.251 e. The molecule has 0 saturated carbocycles. The van der Waals surface area contributed by atoms with Crippen molar-refractivity contribution in [2.45, 2.75) is 11.3 Å². The van der Waals surface area contributed by atoms with Gasteiger partial charge in [-0.3, -0.25) is 4.79 Å². The van der Waals surface area contributed by atoms with E-state index in [1.54, 1.807) is 6.07 Å². The summed E-state index contributed by atoms with van der Waals surface area (Å²) in [6.45, 7) is 2.58. The lowest BCUT2D eigenvalue weighted by Gasteiger charge is -2.26. The van der Waals surface area contributed by atoms with E-state index in [1.807, 2.05) is 7.05 Å². The molecule has 1 aromatic rings. The van der Waals surface area contributed by atoms with Crippen LogP contribution in [-0.2, 0) is 14.8 Å². The van der Waals surface area contributed by atoms with Crippen LogP contribution in [0.4, 0.5) is 0 Å². The molecule has 2 N–H and O–H groups in total. The first-order valence-electron chi connectivity index (χ1n) is 8.19. The van der Waals surface area contributed by atoms with Crippen molar-refractivity contribution in [1.29, 1.82) is 0 Å². The van der Waals surface area contributed by atoms with Gasteiger partial charge >= 0.3 is 0 Å². The predicted octanol–water partition coefficient (Wildman–Crippen LogP) is 0.0554. The molecule has 1 saturated heterocycles. The molecular weight excluding hydrogens is 346 g/mol. The number of amides is 1. The van der Waals surface area contributed by atoms with Crippen molar-refractivity contribution >= 4 is 15.9 Å². The fraction of sp³-hybridized carbons (Fsp3) is 0.562. The molecule has 25 heavy (non-hydrogen) atoms. The van der Waals surface area contributed by atoms with Gasteiger partial charge in [0.1, 0.15) is 10.6 Å². The van der Waals surface area contributed by atoms with Gasteiger partial charge in [-0.1, -0.05) is 0 Å². The highest BCUT2D eigenvalue weighted by Gasteiger charge is 2.30. The largest absolute Gasteiger partial charge is 0.495 e. The van der Waals surface area contributed by atoms with Gasteiger partial charge in [-0.25, -0.2) is 8.42 Å². The molecule has 1 aliphatic heterocycles. The summed E-state index contributed by atoms with van der Waals surface area (Å²) < 4.78 is 37.5. The van der Waals surface area contributed by atoms with Crippen LogP contribution in [0.2, 0.25) is 0 Å². The average molecular weight is 371 g/mol. The third kappa shape index (κ3) is 4.91. The van der Waals surface area contributed by atoms with Crippen molar-refractivity contribution in [3.8, 4) is 5.75 Å². The topological polar surface area (TPSA) is 97.0 Å². The lowest BCUT2D eigenvalue weighted by Crippen LogP contribution is -2.40. The Balaban J connectivity index is 2.23. The average Bonchev–Trinajstić information content (AvgIpc) is 2.65. The van der Waals surface area contributed by atoms with Crippen LogP contribution in [0.15, 0.2) is 23.1 Å². The molecule has 9 heteroatoms. The lowest BCUT2D eigenvalue weighted by atomic mass is 10.2. The van der Waals surface area contributed by atoms with Crippen LogP contribution in [0.3, 0.4) is 0 Å². The maximum absolute atomic E-state index is 12.9. The minimum atomic E-state index is -3.75. The molecular formula is C16H25N3O5S. The Kier molecular flexibility index (Phi) is 7.18. The number of ether oxygens (including phenoxy) is 2. The second kappa shape index (κ2) is 9.14. The van der Waals surface area contributed by atoms with E-state index >= 15 is 0 Å². The highest BCUT2D eigenvalue weighted by molar-refractivity contribution is 7.89. The second-order valence-corrected chi connectivity index (χ2v) is 7.50. The van der Waals surface area contributed by atoms with Crippen LogP contribution in [0.25, 0.3) is 0 Å². The number of sulfonamides is 1. The van der Waals surface area contributed by atoms with E-state index in [1.165, 1.54) is 23.5 Å². The molecule has 2 rings (SSSR count). The molecule has 0 bridgehead atoms. The van der Waals surface area contributed by atoms with Crippen LogP contribution < -0.4 is 15.4 Å². The summed E-state index contributed by atoms with van der Waals surface area (Å²) in [4.78, 5) is 12.3. The Morgan fingerprint density at radius 3 is 2.64 bits per heavy atom. The van der Waals surface area contributed by atoms with Crippen LogP contribution in [0.5, 0.6) is 5.75 Å². The Hall–Kier alpha value is -1.68. The molecule has 1 heterocycles. The SMILES string of the molecule is CNCCCNC(=O)c1ccc(OC)c(S(=O)(=O)N2CCOCC2)c1. The monoisotopic (exact) mass is 371 g/mol. The van der Waals surface area contributed by atoms with Gasteiger partial charge < -0.3 is 20.1 Å². The normalized spacial score (nSPS) is 15.8. The molecule has 0 aliphatic carbocycles. The Morgan fingerprint density at radius 1 is 1.28 bits per heavy atom. The molecule has 8 nitrogen and oxygen atoms in total. The Morgan fingerprint density at radius 2 is 2.00 bits per heavy atom. The summed E-state index contributed by atoms with van der Waals surface area (Å²) in [5.74, 6) is -0.0876. The summed E-state index contributed by atoms with van der Waals surface area (Å²) in [5.41, 5.74) is 0.289. The predicted molar refractivity (Wildman–Crippen MR) is 93.4 cm³/mol. The van der Waals surface area contributed by atoms with E-state index in [9.17, 15) is 13.2 Å². The summed E-state index contributed by atoms with van der Waals surface area (Å²) in [7, 11) is -0.502. The van der Waals surface area contributed by atoms with Gasteiger partial charge in [-0.2, -0.15) is 4.31 Å². The van der Waals surface area contributed by atoms with Gasteiger partial charge in [0.05, 0.1) is 20.3 Å². The van der Waals surface area contributed by atoms with Crippen molar-refractivity contribution in [1.82, 2.24) is 14.9 Å². The fourth-order valence-electron chi connectivity index (χ4n) is 2.51. The number of nitrogens with one attached hydrogen (secondary N) is 2. The number of methoxy groups -OCH3 is 1. The zero-order chi connectivity index (χ0) is 18.3. The lowest BCUT2D eigenvalue weighted by molar-refractivity contribution is 0.0729. The molecule has 0 spiro atoms. The van der Waals surface area contributed by atoms with Crippen molar-refractivity contribution in [2.75, 3.05) is 53.6 Å². The number of rotatable bonds is 8. The van der Waals surface area contributed by atoms with Crippen molar-refractivity contribution in [2.24, 2.45) is 0 Å². The van der Waals surface area contributed by atoms with Crippen LogP contribution >= 0.6 is 0 Å². The summed E-state index contributed by atoms with van der Waals surface area (Å²) in [6.07, 6.45) is 0.789. The Bertz CT molecular complexity index is 687. The van der Waals surface area contributed by atoms with Crippen LogP contribution in [-0.4, -0.2) is 72.2 Å². The molecule has 1 aliphatic rings. The molecule has 0 atom stereocenters. The maximum atomic E-state index is 12.9. The zero-order valence-corrected chi connectivity index (χ0v) is 15.4. The number of carbonyl (C=O) groups excluding carboxylic acids is 1. The highest BCUT2D eigenvalue weighted by atomic mass is 32.2. The highest BCUT2D eigenvalue weighted by Crippen LogP contribution is 2.28. The van der Waals surface area contributed by atoms with E-state index < -0.39 is 10.0 Å². The van der Waals surface area contributed by atoms with Crippen molar-refractivity contribution in [3.63, 3.8) is 0 Å². The van der Waals surface area contributed by atoms with E-state index in [0.29, 0.717) is 19.8 Å². The van der Waals surface area contributed by atoms with E-state index in [0.717, 1.165) is 13.0 Å². The van der Waals surface area contributed by atoms with Gasteiger partial charge in [-0.15, -0.1) is 0 Å². The zero-order valence-electron chi connectivity index (χ0n) is 14.6. The van der Waals surface area contributed by atoms with Gasteiger partial charge in [0.25, 0.3) is 5.91 Å². The van der Waals surface area contributed by atoms with Crippen molar-refractivity contribution in [3.05, 3.63) is 23.8 Å². The summed E-state index contributed by atoms with van der Waals surface area (Å²) in [5, 5.41) is 5.78. The molecule has 0 unspecified atom stereocenters. The summed E-state index contributed by atoms with van der Waals surface area (Å²) >= 11 is 0. The minimum Gasteiger partial charge on any atom is -0.495 e. The summed E-state index contributed by atoms with van der Waals surface area (Å²) in [6, 6.07) is 4.44. The van der Waals surface area contributed by atoms with Gasteiger partial charge in [-0.05, 0) is 38.2 Å². The van der Waals surface area contributed by atoms with E-state index in [4.69, 9.17) is 9.47 Å². The number of benzene rings is 1. The molecule has 1 aromatic carbocycles. The number of hydrogen-bond donors (Lipinski definition) is 2. The van der Waals surface area contributed by atoms with Gasteiger partial charge in [0.2, 0.25) is 10.0 Å². The van der Waals surface area contributed by atoms with Crippen LogP contribution in [0.1, 0.15) is 16.8 Å². The number of nitrogens with zero attached hydrogens (tertiary/aromatic N) is 1. The quantitative estimate of drug-likeness (QED) is 0.627. The first-order valence-corrected chi connectivity index (χ1v) is 9.63. The molecule has 1 fully saturated rings. The third-order valence-corrected chi connectivity index (χ3v) is 5.82. The second-order valence-electron chi connectivity index (χ2n) is 5.60. The number of hydrogen-bond acceptors (Lipinski definition) is 6. The smallest absolute Gasteiger partial charge is 0.251 e. The molecule has 140 valence electrons. The van der Waals surface area contributed by atoms with E-state index in [-0.39, 0.29) is 35.2 Å². The van der Waals surface area contributed by atoms with Crippen molar-refractivity contribution < 1.29 is 22.7 Å². The molecule has 1 amide bonds. The fourth-order valence-corrected chi connectivity index (χ4v) is 4.10. The Labute approximate surface area is 148 Å². The molecule has 0 radical (unpaired) electrons. The number of morpholine rings is 1. The minimum absolute atomic E-state index is 0.000208. The first-order chi connectivity index (χ1) is 12.0. The van der Waals surface area contributed by atoms with Gasteiger partial charge in [0, 0.05) is 25.2 Å². The standard InChI is InChI=1S/C16H25N3O5S/c1-17-6-3-7-18-16(20)13-4-5-14(23-2)15(12-13)25(21,22)19-8-10-24-11-9-19/h4-5,12,17H,3,6-11H2,1-2H3,(H,18,20). The van der Waals surface area contributed by atoms with Gasteiger partial charge in [0.15, 0.2) is 0 Å². The third-order valence-electron chi connectivity index (χ3n) is 3.90. The van der Waals surface area contributed by atoms with E-state index in [2.05, 4.69) is 10.6 Å².